The molecule has 4 aromatic rings. The predicted molar refractivity (Wildman–Crippen MR) is 98.6 cm³/mol. The molecule has 0 spiro atoms. The molecule has 5 nitrogen and oxygen atoms in total. The van der Waals surface area contributed by atoms with Gasteiger partial charge < -0.3 is 5.32 Å². The molecule has 4 rings (SSSR count). The van der Waals surface area contributed by atoms with E-state index in [1.165, 1.54) is 11.3 Å². The van der Waals surface area contributed by atoms with Crippen molar-refractivity contribution >= 4 is 22.2 Å². The highest BCUT2D eigenvalue weighted by Crippen LogP contribution is 2.20. The summed E-state index contributed by atoms with van der Waals surface area (Å²) in [5.41, 5.74) is 3.55. The minimum Gasteiger partial charge on any atom is -0.346 e. The summed E-state index contributed by atoms with van der Waals surface area (Å²) in [6.07, 6.45) is 1.85. The van der Waals surface area contributed by atoms with Crippen LogP contribution in [0.4, 0.5) is 0 Å². The predicted octanol–water partition coefficient (Wildman–Crippen LogP) is 3.70. The molecule has 2 heterocycles. The summed E-state index contributed by atoms with van der Waals surface area (Å²) in [4.78, 5) is 17.8. The van der Waals surface area contributed by atoms with Crippen LogP contribution in [0.25, 0.3) is 16.1 Å². The van der Waals surface area contributed by atoms with Gasteiger partial charge in [-0.1, -0.05) is 53.8 Å². The number of rotatable bonds is 4. The Bertz CT molecular complexity index is 1000. The number of imidazole rings is 1. The van der Waals surface area contributed by atoms with Crippen molar-refractivity contribution in [3.63, 3.8) is 0 Å². The van der Waals surface area contributed by atoms with E-state index in [0.717, 1.165) is 26.8 Å². The lowest BCUT2D eigenvalue weighted by molar-refractivity contribution is 0.0950. The van der Waals surface area contributed by atoms with Gasteiger partial charge in [0, 0.05) is 5.56 Å². The first kappa shape index (κ1) is 15.5. The summed E-state index contributed by atoms with van der Waals surface area (Å²) in [7, 11) is 0. The van der Waals surface area contributed by atoms with Gasteiger partial charge in [0.25, 0.3) is 5.91 Å². The van der Waals surface area contributed by atoms with E-state index in [0.29, 0.717) is 12.1 Å². The molecule has 124 valence electrons. The van der Waals surface area contributed by atoms with E-state index in [1.54, 1.807) is 4.52 Å². The van der Waals surface area contributed by atoms with Gasteiger partial charge in [-0.05, 0) is 30.2 Å². The van der Waals surface area contributed by atoms with E-state index < -0.39 is 0 Å². The SMILES string of the molecule is Cc1nn2cc(CNC(=O)c3cccc(-c4ccccc4)c3)nc2s1. The van der Waals surface area contributed by atoms with Gasteiger partial charge in [-0.2, -0.15) is 5.10 Å². The normalized spacial score (nSPS) is 10.9. The highest BCUT2D eigenvalue weighted by molar-refractivity contribution is 7.16. The van der Waals surface area contributed by atoms with Gasteiger partial charge in [0.15, 0.2) is 0 Å². The first-order chi connectivity index (χ1) is 12.2. The van der Waals surface area contributed by atoms with Gasteiger partial charge >= 0.3 is 0 Å². The van der Waals surface area contributed by atoms with Crippen molar-refractivity contribution in [2.24, 2.45) is 0 Å². The Morgan fingerprint density at radius 3 is 2.72 bits per heavy atom. The summed E-state index contributed by atoms with van der Waals surface area (Å²) < 4.78 is 1.75. The van der Waals surface area contributed by atoms with Crippen molar-refractivity contribution < 1.29 is 4.79 Å². The Kier molecular flexibility index (Phi) is 4.03. The second kappa shape index (κ2) is 6.49. The number of carbonyl (C=O) groups excluding carboxylic acids is 1. The van der Waals surface area contributed by atoms with Crippen LogP contribution in [0, 0.1) is 6.92 Å². The maximum absolute atomic E-state index is 12.5. The second-order valence-corrected chi connectivity index (χ2v) is 6.87. The van der Waals surface area contributed by atoms with Crippen molar-refractivity contribution in [1.82, 2.24) is 19.9 Å². The molecule has 0 aliphatic heterocycles. The van der Waals surface area contributed by atoms with Crippen LogP contribution < -0.4 is 5.32 Å². The Balaban J connectivity index is 1.48. The van der Waals surface area contributed by atoms with Crippen molar-refractivity contribution in [1.29, 1.82) is 0 Å². The average Bonchev–Trinajstić information content (AvgIpc) is 3.17. The third-order valence-corrected chi connectivity index (χ3v) is 4.69. The highest BCUT2D eigenvalue weighted by Gasteiger charge is 2.10. The molecule has 0 aliphatic rings. The van der Waals surface area contributed by atoms with Crippen molar-refractivity contribution in [3.8, 4) is 11.1 Å². The minimum absolute atomic E-state index is 0.113. The molecule has 2 aromatic carbocycles. The molecule has 0 saturated heterocycles. The zero-order valence-corrected chi connectivity index (χ0v) is 14.5. The molecule has 0 bridgehead atoms. The highest BCUT2D eigenvalue weighted by atomic mass is 32.1. The molecule has 2 aromatic heterocycles. The van der Waals surface area contributed by atoms with Crippen LogP contribution in [0.2, 0.25) is 0 Å². The fraction of sp³-hybridized carbons (Fsp3) is 0.105. The number of nitrogens with one attached hydrogen (secondary N) is 1. The molecule has 0 saturated carbocycles. The Hall–Kier alpha value is -2.99. The average molecular weight is 348 g/mol. The first-order valence-electron chi connectivity index (χ1n) is 7.94. The fourth-order valence-electron chi connectivity index (χ4n) is 2.67. The summed E-state index contributed by atoms with van der Waals surface area (Å²) in [5.74, 6) is -0.113. The summed E-state index contributed by atoms with van der Waals surface area (Å²) in [5, 5.41) is 8.21. The zero-order valence-electron chi connectivity index (χ0n) is 13.6. The number of hydrogen-bond donors (Lipinski definition) is 1. The number of aryl methyl sites for hydroxylation is 1. The van der Waals surface area contributed by atoms with Crippen LogP contribution in [0.15, 0.2) is 60.8 Å². The Morgan fingerprint density at radius 1 is 1.12 bits per heavy atom. The van der Waals surface area contributed by atoms with Gasteiger partial charge in [-0.15, -0.1) is 0 Å². The molecule has 1 N–H and O–H groups in total. The number of aromatic nitrogens is 3. The lowest BCUT2D eigenvalue weighted by atomic mass is 10.0. The molecule has 25 heavy (non-hydrogen) atoms. The van der Waals surface area contributed by atoms with Crippen LogP contribution in [0.5, 0.6) is 0 Å². The van der Waals surface area contributed by atoms with E-state index in [9.17, 15) is 4.79 Å². The standard InChI is InChI=1S/C19H16N4OS/c1-13-22-23-12-17(21-19(23)25-13)11-20-18(24)16-9-5-8-15(10-16)14-6-3-2-4-7-14/h2-10,12H,11H2,1H3,(H,20,24). The summed E-state index contributed by atoms with van der Waals surface area (Å²) in [6, 6.07) is 17.6. The topological polar surface area (TPSA) is 59.3 Å². The van der Waals surface area contributed by atoms with Crippen LogP contribution in [0.1, 0.15) is 21.1 Å². The molecule has 0 aliphatic carbocycles. The molecular weight excluding hydrogens is 332 g/mol. The molecule has 0 radical (unpaired) electrons. The number of amides is 1. The van der Waals surface area contributed by atoms with Crippen LogP contribution >= 0.6 is 11.3 Å². The van der Waals surface area contributed by atoms with Crippen molar-refractivity contribution in [2.75, 3.05) is 0 Å². The van der Waals surface area contributed by atoms with Gasteiger partial charge in [0.2, 0.25) is 4.96 Å². The second-order valence-electron chi connectivity index (χ2n) is 5.71. The van der Waals surface area contributed by atoms with E-state index in [4.69, 9.17) is 0 Å². The third-order valence-electron chi connectivity index (χ3n) is 3.86. The number of nitrogens with zero attached hydrogens (tertiary/aromatic N) is 3. The third kappa shape index (κ3) is 3.29. The van der Waals surface area contributed by atoms with Crippen LogP contribution in [0.3, 0.4) is 0 Å². The number of hydrogen-bond acceptors (Lipinski definition) is 4. The summed E-state index contributed by atoms with van der Waals surface area (Å²) in [6.45, 7) is 2.32. The minimum atomic E-state index is -0.113. The maximum atomic E-state index is 12.5. The largest absolute Gasteiger partial charge is 0.346 e. The molecule has 0 unspecified atom stereocenters. The van der Waals surface area contributed by atoms with Gasteiger partial charge in [0.05, 0.1) is 18.4 Å². The Morgan fingerprint density at radius 2 is 1.92 bits per heavy atom. The fourth-order valence-corrected chi connectivity index (χ4v) is 3.42. The number of fused-ring (bicyclic) bond motifs is 1. The molecule has 0 atom stereocenters. The van der Waals surface area contributed by atoms with E-state index >= 15 is 0 Å². The van der Waals surface area contributed by atoms with Crippen molar-refractivity contribution in [2.45, 2.75) is 13.5 Å². The molecule has 6 heteroatoms. The smallest absolute Gasteiger partial charge is 0.251 e. The molecule has 1 amide bonds. The van der Waals surface area contributed by atoms with Crippen LogP contribution in [-0.4, -0.2) is 20.5 Å². The van der Waals surface area contributed by atoms with Gasteiger partial charge in [-0.25, -0.2) is 9.50 Å². The molecular formula is C19H16N4OS. The first-order valence-corrected chi connectivity index (χ1v) is 8.76. The van der Waals surface area contributed by atoms with Gasteiger partial charge in [-0.3, -0.25) is 4.79 Å². The lowest BCUT2D eigenvalue weighted by Crippen LogP contribution is -2.22. The van der Waals surface area contributed by atoms with Crippen molar-refractivity contribution in [3.05, 3.63) is 77.1 Å². The van der Waals surface area contributed by atoms with Gasteiger partial charge in [0.1, 0.15) is 5.01 Å². The lowest BCUT2D eigenvalue weighted by Gasteiger charge is -2.06. The van der Waals surface area contributed by atoms with E-state index in [1.807, 2.05) is 67.7 Å². The number of benzene rings is 2. The molecule has 0 fully saturated rings. The summed E-state index contributed by atoms with van der Waals surface area (Å²) >= 11 is 1.53. The zero-order chi connectivity index (χ0) is 17.2. The monoisotopic (exact) mass is 348 g/mol. The quantitative estimate of drug-likeness (QED) is 0.612. The Labute approximate surface area is 149 Å². The van der Waals surface area contributed by atoms with E-state index in [-0.39, 0.29) is 5.91 Å². The van der Waals surface area contributed by atoms with E-state index in [2.05, 4.69) is 15.4 Å². The maximum Gasteiger partial charge on any atom is 0.251 e. The van der Waals surface area contributed by atoms with Crippen LogP contribution in [-0.2, 0) is 6.54 Å². The number of carbonyl (C=O) groups is 1.